The monoisotopic (exact) mass is 284 g/mol. The lowest BCUT2D eigenvalue weighted by Crippen LogP contribution is -2.32. The first-order chi connectivity index (χ1) is 10.3. The minimum absolute atomic E-state index is 0.230. The zero-order chi connectivity index (χ0) is 14.7. The van der Waals surface area contributed by atoms with Crippen molar-refractivity contribution in [2.24, 2.45) is 5.84 Å². The second kappa shape index (κ2) is 5.86. The summed E-state index contributed by atoms with van der Waals surface area (Å²) in [5.74, 6) is 6.14. The van der Waals surface area contributed by atoms with E-state index in [0.717, 1.165) is 11.0 Å². The molecule has 7 heteroatoms. The third-order valence-corrected chi connectivity index (χ3v) is 3.32. The van der Waals surface area contributed by atoms with E-state index in [1.54, 1.807) is 25.8 Å². The third-order valence-electron chi connectivity index (χ3n) is 3.32. The highest BCUT2D eigenvalue weighted by Gasteiger charge is 2.18. The lowest BCUT2D eigenvalue weighted by molar-refractivity contribution is 0.370. The first-order valence-electron chi connectivity index (χ1n) is 6.54. The quantitative estimate of drug-likeness (QED) is 0.537. The maximum atomic E-state index is 5.68. The van der Waals surface area contributed by atoms with Gasteiger partial charge in [0.05, 0.1) is 30.5 Å². The summed E-state index contributed by atoms with van der Waals surface area (Å²) in [7, 11) is 1.56. The molecule has 3 N–H and O–H groups in total. The molecular weight excluding hydrogens is 268 g/mol. The number of hydrogen-bond acceptors (Lipinski definition) is 6. The van der Waals surface area contributed by atoms with Crippen LogP contribution in [0.25, 0.3) is 11.0 Å². The topological polar surface area (TPSA) is 90.9 Å². The van der Waals surface area contributed by atoms with Crippen LogP contribution in [0.1, 0.15) is 11.7 Å². The number of aromatic nitrogens is 4. The highest BCUT2D eigenvalue weighted by molar-refractivity contribution is 5.74. The Morgan fingerprint density at radius 2 is 2.05 bits per heavy atom. The Balaban J connectivity index is 1.94. The van der Waals surface area contributed by atoms with Crippen LogP contribution in [-0.4, -0.2) is 26.6 Å². The predicted molar refractivity (Wildman–Crippen MR) is 78.4 cm³/mol. The Bertz CT molecular complexity index is 741. The molecule has 21 heavy (non-hydrogen) atoms. The van der Waals surface area contributed by atoms with E-state index in [1.165, 1.54) is 0 Å². The van der Waals surface area contributed by atoms with Crippen LogP contribution in [0.5, 0.6) is 5.88 Å². The van der Waals surface area contributed by atoms with Crippen molar-refractivity contribution in [3.63, 3.8) is 0 Å². The molecule has 1 unspecified atom stereocenters. The molecule has 0 aliphatic rings. The van der Waals surface area contributed by atoms with E-state index in [0.29, 0.717) is 18.1 Å². The molecule has 1 atom stereocenters. The minimum Gasteiger partial charge on any atom is -0.480 e. The van der Waals surface area contributed by atoms with Gasteiger partial charge < -0.3 is 9.30 Å². The number of hydrazine groups is 1. The maximum absolute atomic E-state index is 5.68. The van der Waals surface area contributed by atoms with Crippen molar-refractivity contribution >= 4 is 11.0 Å². The number of methoxy groups -OCH3 is 1. The lowest BCUT2D eigenvalue weighted by Gasteiger charge is -2.17. The number of para-hydroxylation sites is 2. The molecule has 3 rings (SSSR count). The van der Waals surface area contributed by atoms with Crippen molar-refractivity contribution < 1.29 is 4.74 Å². The number of nitrogens with zero attached hydrogens (tertiary/aromatic N) is 4. The molecule has 0 radical (unpaired) electrons. The standard InChI is InChI=1S/C14H16N6O/c1-21-14-13(16-6-7-17-14)11(19-15)8-20-9-18-10-4-2-3-5-12(10)20/h2-7,9,11,19H,8,15H2,1H3. The van der Waals surface area contributed by atoms with E-state index in [-0.39, 0.29) is 6.04 Å². The molecule has 0 saturated carbocycles. The van der Waals surface area contributed by atoms with Crippen LogP contribution >= 0.6 is 0 Å². The summed E-state index contributed by atoms with van der Waals surface area (Å²) in [4.78, 5) is 12.8. The zero-order valence-corrected chi connectivity index (χ0v) is 11.6. The zero-order valence-electron chi connectivity index (χ0n) is 11.6. The van der Waals surface area contributed by atoms with Gasteiger partial charge in [-0.05, 0) is 12.1 Å². The van der Waals surface area contributed by atoms with Crippen molar-refractivity contribution in [2.45, 2.75) is 12.6 Å². The molecule has 1 aromatic carbocycles. The van der Waals surface area contributed by atoms with Gasteiger partial charge in [0.2, 0.25) is 5.88 Å². The molecule has 0 spiro atoms. The predicted octanol–water partition coefficient (Wildman–Crippen LogP) is 1.04. The van der Waals surface area contributed by atoms with Gasteiger partial charge in [-0.1, -0.05) is 12.1 Å². The van der Waals surface area contributed by atoms with Crippen molar-refractivity contribution in [1.29, 1.82) is 0 Å². The van der Waals surface area contributed by atoms with Crippen LogP contribution in [-0.2, 0) is 6.54 Å². The fourth-order valence-corrected chi connectivity index (χ4v) is 2.30. The number of imidazole rings is 1. The molecule has 0 fully saturated rings. The molecule has 0 saturated heterocycles. The van der Waals surface area contributed by atoms with Crippen molar-refractivity contribution in [3.05, 3.63) is 48.7 Å². The second-order valence-electron chi connectivity index (χ2n) is 4.56. The fourth-order valence-electron chi connectivity index (χ4n) is 2.30. The Labute approximate surface area is 121 Å². The number of nitrogens with one attached hydrogen (secondary N) is 1. The molecule has 0 aliphatic carbocycles. The fraction of sp³-hybridized carbons (Fsp3) is 0.214. The van der Waals surface area contributed by atoms with Crippen molar-refractivity contribution in [1.82, 2.24) is 24.9 Å². The van der Waals surface area contributed by atoms with Crippen LogP contribution < -0.4 is 16.0 Å². The number of ether oxygens (including phenoxy) is 1. The average Bonchev–Trinajstić information content (AvgIpc) is 2.95. The van der Waals surface area contributed by atoms with Gasteiger partial charge in [-0.3, -0.25) is 10.8 Å². The van der Waals surface area contributed by atoms with E-state index in [9.17, 15) is 0 Å². The van der Waals surface area contributed by atoms with Crippen LogP contribution in [0.15, 0.2) is 43.0 Å². The van der Waals surface area contributed by atoms with Gasteiger partial charge in [0.1, 0.15) is 5.69 Å². The summed E-state index contributed by atoms with van der Waals surface area (Å²) in [6, 6.07) is 7.70. The van der Waals surface area contributed by atoms with Gasteiger partial charge in [-0.15, -0.1) is 0 Å². The highest BCUT2D eigenvalue weighted by atomic mass is 16.5. The molecule has 2 aromatic heterocycles. The summed E-state index contributed by atoms with van der Waals surface area (Å²) < 4.78 is 7.26. The average molecular weight is 284 g/mol. The Kier molecular flexibility index (Phi) is 3.76. The second-order valence-corrected chi connectivity index (χ2v) is 4.56. The van der Waals surface area contributed by atoms with Gasteiger partial charge in [0, 0.05) is 18.9 Å². The summed E-state index contributed by atoms with van der Waals surface area (Å²) in [6.45, 7) is 0.575. The Hall–Kier alpha value is -2.51. The van der Waals surface area contributed by atoms with Crippen LogP contribution in [0.4, 0.5) is 0 Å². The minimum atomic E-state index is -0.230. The van der Waals surface area contributed by atoms with E-state index in [1.807, 2.05) is 28.8 Å². The summed E-state index contributed by atoms with van der Waals surface area (Å²) in [6.07, 6.45) is 4.99. The first-order valence-corrected chi connectivity index (χ1v) is 6.54. The van der Waals surface area contributed by atoms with Crippen LogP contribution in [0, 0.1) is 0 Å². The number of nitrogens with two attached hydrogens (primary N) is 1. The molecule has 108 valence electrons. The van der Waals surface area contributed by atoms with Gasteiger partial charge >= 0.3 is 0 Å². The van der Waals surface area contributed by atoms with Crippen LogP contribution in [0.3, 0.4) is 0 Å². The smallest absolute Gasteiger partial charge is 0.237 e. The molecule has 0 amide bonds. The molecule has 3 aromatic rings. The molecule has 2 heterocycles. The largest absolute Gasteiger partial charge is 0.480 e. The normalized spacial score (nSPS) is 12.5. The molecular formula is C14H16N6O. The van der Waals surface area contributed by atoms with E-state index in [4.69, 9.17) is 10.6 Å². The summed E-state index contributed by atoms with van der Waals surface area (Å²) in [5, 5.41) is 0. The highest BCUT2D eigenvalue weighted by Crippen LogP contribution is 2.22. The first kappa shape index (κ1) is 13.5. The SMILES string of the molecule is COc1nccnc1C(Cn1cnc2ccccc21)NN. The molecule has 0 bridgehead atoms. The van der Waals surface area contributed by atoms with Crippen molar-refractivity contribution in [3.8, 4) is 5.88 Å². The summed E-state index contributed by atoms with van der Waals surface area (Å²) in [5.41, 5.74) is 5.42. The van der Waals surface area contributed by atoms with E-state index in [2.05, 4.69) is 20.4 Å². The van der Waals surface area contributed by atoms with Gasteiger partial charge in [-0.25, -0.2) is 15.4 Å². The Morgan fingerprint density at radius 3 is 2.86 bits per heavy atom. The van der Waals surface area contributed by atoms with E-state index < -0.39 is 0 Å². The van der Waals surface area contributed by atoms with Crippen molar-refractivity contribution in [2.75, 3.05) is 7.11 Å². The number of rotatable bonds is 5. The maximum Gasteiger partial charge on any atom is 0.237 e. The van der Waals surface area contributed by atoms with E-state index >= 15 is 0 Å². The van der Waals surface area contributed by atoms with Gasteiger partial charge in [0.15, 0.2) is 0 Å². The number of hydrogen-bond donors (Lipinski definition) is 2. The lowest BCUT2D eigenvalue weighted by atomic mass is 10.2. The van der Waals surface area contributed by atoms with Gasteiger partial charge in [0.25, 0.3) is 0 Å². The summed E-state index contributed by atoms with van der Waals surface area (Å²) >= 11 is 0. The van der Waals surface area contributed by atoms with Crippen LogP contribution in [0.2, 0.25) is 0 Å². The Morgan fingerprint density at radius 1 is 1.24 bits per heavy atom. The molecule has 7 nitrogen and oxygen atoms in total. The van der Waals surface area contributed by atoms with Gasteiger partial charge in [-0.2, -0.15) is 0 Å². The third kappa shape index (κ3) is 2.56. The molecule has 0 aliphatic heterocycles. The number of fused-ring (bicyclic) bond motifs is 1. The number of benzene rings is 1.